The Bertz CT molecular complexity index is 707. The van der Waals surface area contributed by atoms with Crippen molar-refractivity contribution in [1.82, 2.24) is 0 Å². The molecule has 3 rings (SSSR count). The molecule has 1 heterocycles. The lowest BCUT2D eigenvalue weighted by molar-refractivity contribution is 0.274. The number of nitrogens with one attached hydrogen (secondary N) is 1. The van der Waals surface area contributed by atoms with Crippen molar-refractivity contribution in [1.29, 1.82) is 5.26 Å². The summed E-state index contributed by atoms with van der Waals surface area (Å²) in [5.74, 6) is 0.693. The van der Waals surface area contributed by atoms with E-state index in [1.165, 1.54) is 0 Å². The van der Waals surface area contributed by atoms with Crippen LogP contribution in [0.15, 0.2) is 36.4 Å². The molecule has 0 spiro atoms. The zero-order chi connectivity index (χ0) is 14.8. The zero-order valence-corrected chi connectivity index (χ0v) is 12.6. The maximum atomic E-state index is 8.82. The van der Waals surface area contributed by atoms with E-state index in [-0.39, 0.29) is 6.04 Å². The first kappa shape index (κ1) is 14.1. The van der Waals surface area contributed by atoms with Gasteiger partial charge in [-0.3, -0.25) is 0 Å². The van der Waals surface area contributed by atoms with E-state index in [2.05, 4.69) is 11.4 Å². The largest absolute Gasteiger partial charge is 0.492 e. The Morgan fingerprint density at radius 2 is 1.95 bits per heavy atom. The summed E-state index contributed by atoms with van der Waals surface area (Å²) in [6.07, 6.45) is 0.823. The normalized spacial score (nSPS) is 16.5. The number of anilines is 1. The Hall–Kier alpha value is -1.89. The van der Waals surface area contributed by atoms with Crippen LogP contribution in [0.4, 0.5) is 5.69 Å². The molecule has 1 aliphatic rings. The molecule has 0 radical (unpaired) electrons. The molecule has 106 valence electrons. The van der Waals surface area contributed by atoms with E-state index < -0.39 is 0 Å². The van der Waals surface area contributed by atoms with Crippen molar-refractivity contribution < 1.29 is 4.74 Å². The fraction of sp³-hybridized carbons (Fsp3) is 0.188. The molecular weight excluding hydrogens is 307 g/mol. The van der Waals surface area contributed by atoms with Crippen LogP contribution < -0.4 is 10.1 Å². The number of nitrogens with zero attached hydrogens (tertiary/aromatic N) is 1. The number of nitriles is 1. The first-order valence-electron chi connectivity index (χ1n) is 6.56. The van der Waals surface area contributed by atoms with Crippen molar-refractivity contribution in [3.63, 3.8) is 0 Å². The van der Waals surface area contributed by atoms with Crippen LogP contribution in [0.1, 0.15) is 23.6 Å². The van der Waals surface area contributed by atoms with E-state index in [0.29, 0.717) is 28.0 Å². The van der Waals surface area contributed by atoms with Crippen LogP contribution in [0.5, 0.6) is 5.75 Å². The summed E-state index contributed by atoms with van der Waals surface area (Å²) in [7, 11) is 0. The average Bonchev–Trinajstić information content (AvgIpc) is 2.49. The Morgan fingerprint density at radius 1 is 1.19 bits per heavy atom. The maximum absolute atomic E-state index is 8.82. The molecule has 0 aromatic heterocycles. The molecule has 0 fully saturated rings. The summed E-state index contributed by atoms with van der Waals surface area (Å²) >= 11 is 12.3. The predicted molar refractivity (Wildman–Crippen MR) is 84.1 cm³/mol. The molecule has 2 aromatic rings. The number of hydrogen-bond donors (Lipinski definition) is 1. The third-order valence-corrected chi connectivity index (χ3v) is 3.92. The Labute approximate surface area is 133 Å². The monoisotopic (exact) mass is 318 g/mol. The van der Waals surface area contributed by atoms with Gasteiger partial charge in [-0.2, -0.15) is 5.26 Å². The highest BCUT2D eigenvalue weighted by molar-refractivity contribution is 6.35. The quantitative estimate of drug-likeness (QED) is 0.864. The van der Waals surface area contributed by atoms with Crippen molar-refractivity contribution in [3.05, 3.63) is 57.6 Å². The number of fused-ring (bicyclic) bond motifs is 1. The third-order valence-electron chi connectivity index (χ3n) is 3.42. The number of ether oxygens (including phenoxy) is 1. The highest BCUT2D eigenvalue weighted by atomic mass is 35.5. The van der Waals surface area contributed by atoms with Gasteiger partial charge < -0.3 is 10.1 Å². The van der Waals surface area contributed by atoms with Crippen molar-refractivity contribution >= 4 is 28.9 Å². The van der Waals surface area contributed by atoms with Crippen LogP contribution in [-0.4, -0.2) is 6.61 Å². The van der Waals surface area contributed by atoms with Crippen LogP contribution >= 0.6 is 23.2 Å². The van der Waals surface area contributed by atoms with Crippen LogP contribution in [0.2, 0.25) is 10.0 Å². The molecule has 0 saturated carbocycles. The molecule has 0 bridgehead atoms. The average molecular weight is 319 g/mol. The smallest absolute Gasteiger partial charge is 0.143 e. The van der Waals surface area contributed by atoms with Crippen molar-refractivity contribution in [2.75, 3.05) is 11.9 Å². The summed E-state index contributed by atoms with van der Waals surface area (Å²) in [4.78, 5) is 0. The fourth-order valence-electron chi connectivity index (χ4n) is 2.42. The van der Waals surface area contributed by atoms with Gasteiger partial charge in [0.15, 0.2) is 0 Å². The lowest BCUT2D eigenvalue weighted by Crippen LogP contribution is -2.20. The van der Waals surface area contributed by atoms with Gasteiger partial charge in [0.1, 0.15) is 5.75 Å². The first-order valence-corrected chi connectivity index (χ1v) is 7.31. The van der Waals surface area contributed by atoms with E-state index in [1.807, 2.05) is 18.2 Å². The number of halogens is 2. The molecule has 5 heteroatoms. The lowest BCUT2D eigenvalue weighted by Gasteiger charge is -2.28. The van der Waals surface area contributed by atoms with Crippen LogP contribution in [0.3, 0.4) is 0 Å². The summed E-state index contributed by atoms with van der Waals surface area (Å²) in [6, 6.07) is 13.1. The van der Waals surface area contributed by atoms with Gasteiger partial charge in [0.05, 0.1) is 29.3 Å². The zero-order valence-electron chi connectivity index (χ0n) is 11.1. The van der Waals surface area contributed by atoms with Crippen LogP contribution in [0, 0.1) is 11.3 Å². The molecule has 3 nitrogen and oxygen atoms in total. The second-order valence-corrected chi connectivity index (χ2v) is 5.67. The minimum atomic E-state index is 0.0814. The Morgan fingerprint density at radius 3 is 2.67 bits per heavy atom. The predicted octanol–water partition coefficient (Wildman–Crippen LogP) is 4.80. The van der Waals surface area contributed by atoms with Crippen molar-refractivity contribution in [3.8, 4) is 11.8 Å². The standard InChI is InChI=1S/C16H12Cl2N2O/c17-11-7-13-15(5-6-21-16(13)14(18)8-11)20-12-3-1-10(9-19)2-4-12/h1-4,7-8,15,20H,5-6H2. The van der Waals surface area contributed by atoms with Gasteiger partial charge in [-0.1, -0.05) is 23.2 Å². The molecule has 21 heavy (non-hydrogen) atoms. The number of rotatable bonds is 2. The third kappa shape index (κ3) is 2.92. The molecular formula is C16H12Cl2N2O. The molecule has 1 atom stereocenters. The van der Waals surface area contributed by atoms with E-state index >= 15 is 0 Å². The molecule has 1 aliphatic heterocycles. The molecule has 1 unspecified atom stereocenters. The van der Waals surface area contributed by atoms with Gasteiger partial charge in [-0.15, -0.1) is 0 Å². The summed E-state index contributed by atoms with van der Waals surface area (Å²) in [5, 5.41) is 13.4. The first-order chi connectivity index (χ1) is 10.2. The molecule has 0 amide bonds. The van der Waals surface area contributed by atoms with Crippen molar-refractivity contribution in [2.24, 2.45) is 0 Å². The molecule has 2 aromatic carbocycles. The summed E-state index contributed by atoms with van der Waals surface area (Å²) in [6.45, 7) is 0.600. The van der Waals surface area contributed by atoms with E-state index in [4.69, 9.17) is 33.2 Å². The van der Waals surface area contributed by atoms with Crippen LogP contribution in [0.25, 0.3) is 0 Å². The number of benzene rings is 2. The lowest BCUT2D eigenvalue weighted by atomic mass is 10.00. The molecule has 0 aliphatic carbocycles. The maximum Gasteiger partial charge on any atom is 0.143 e. The van der Waals surface area contributed by atoms with E-state index in [1.54, 1.807) is 18.2 Å². The second-order valence-electron chi connectivity index (χ2n) is 4.83. The van der Waals surface area contributed by atoms with Gasteiger partial charge in [0.25, 0.3) is 0 Å². The molecule has 1 N–H and O–H groups in total. The summed E-state index contributed by atoms with van der Waals surface area (Å²) in [5.41, 5.74) is 2.55. The second kappa shape index (κ2) is 5.85. The van der Waals surface area contributed by atoms with E-state index in [9.17, 15) is 0 Å². The Balaban J connectivity index is 1.89. The Kier molecular flexibility index (Phi) is 3.92. The van der Waals surface area contributed by atoms with Crippen LogP contribution in [-0.2, 0) is 0 Å². The fourth-order valence-corrected chi connectivity index (χ4v) is 2.98. The summed E-state index contributed by atoms with van der Waals surface area (Å²) < 4.78 is 5.64. The van der Waals surface area contributed by atoms with Gasteiger partial charge in [-0.25, -0.2) is 0 Å². The minimum absolute atomic E-state index is 0.0814. The van der Waals surface area contributed by atoms with Gasteiger partial charge in [-0.05, 0) is 36.4 Å². The minimum Gasteiger partial charge on any atom is -0.492 e. The van der Waals surface area contributed by atoms with Gasteiger partial charge in [0, 0.05) is 22.7 Å². The molecule has 0 saturated heterocycles. The van der Waals surface area contributed by atoms with E-state index in [0.717, 1.165) is 17.7 Å². The van der Waals surface area contributed by atoms with Gasteiger partial charge in [0.2, 0.25) is 0 Å². The highest BCUT2D eigenvalue weighted by Crippen LogP contribution is 2.41. The highest BCUT2D eigenvalue weighted by Gasteiger charge is 2.24. The van der Waals surface area contributed by atoms with Crippen molar-refractivity contribution in [2.45, 2.75) is 12.5 Å². The SMILES string of the molecule is N#Cc1ccc(NC2CCOc3c(Cl)cc(Cl)cc32)cc1. The topological polar surface area (TPSA) is 45.0 Å². The van der Waals surface area contributed by atoms with Gasteiger partial charge >= 0.3 is 0 Å². The number of hydrogen-bond acceptors (Lipinski definition) is 3.